The van der Waals surface area contributed by atoms with Crippen LogP contribution in [0.25, 0.3) is 16.9 Å². The van der Waals surface area contributed by atoms with E-state index in [2.05, 4.69) is 9.82 Å². The van der Waals surface area contributed by atoms with Crippen molar-refractivity contribution < 1.29 is 21.6 Å². The molecule has 154 valence electrons. The maximum Gasteiger partial charge on any atom is 0.435 e. The molecule has 0 spiro atoms. The molecule has 0 aliphatic carbocycles. The van der Waals surface area contributed by atoms with Gasteiger partial charge in [0.05, 0.1) is 16.6 Å². The van der Waals surface area contributed by atoms with E-state index in [9.17, 15) is 21.6 Å². The predicted molar refractivity (Wildman–Crippen MR) is 106 cm³/mol. The molecule has 0 unspecified atom stereocenters. The van der Waals surface area contributed by atoms with Crippen molar-refractivity contribution in [2.45, 2.75) is 32.2 Å². The molecule has 0 atom stereocenters. The molecule has 1 aromatic heterocycles. The van der Waals surface area contributed by atoms with Crippen molar-refractivity contribution >= 4 is 15.7 Å². The zero-order chi connectivity index (χ0) is 21.4. The third-order valence-electron chi connectivity index (χ3n) is 4.34. The highest BCUT2D eigenvalue weighted by Crippen LogP contribution is 2.33. The first kappa shape index (κ1) is 20.9. The van der Waals surface area contributed by atoms with Crippen molar-refractivity contribution in [2.75, 3.05) is 4.72 Å². The summed E-state index contributed by atoms with van der Waals surface area (Å²) in [6.07, 6.45) is -4.59. The van der Waals surface area contributed by atoms with Gasteiger partial charge in [-0.25, -0.2) is 13.1 Å². The van der Waals surface area contributed by atoms with Gasteiger partial charge in [-0.2, -0.15) is 18.3 Å². The fourth-order valence-electron chi connectivity index (χ4n) is 2.60. The second-order valence-corrected chi connectivity index (χ2v) is 9.17. The molecule has 1 N–H and O–H groups in total. The van der Waals surface area contributed by atoms with Crippen LogP contribution in [0, 0.1) is 6.92 Å². The highest BCUT2D eigenvalue weighted by atomic mass is 32.2. The maximum absolute atomic E-state index is 13.2. The standard InChI is InChI=1S/C20H20F3N3O2S/c1-13(2)29(27,28)25-16-8-10-17(11-9-16)26-18(12-19(24-26)20(21,22)23)15-6-4-14(3)5-7-15/h4-13,25H,1-3H3. The first-order valence-corrected chi connectivity index (χ1v) is 10.4. The van der Waals surface area contributed by atoms with Crippen LogP contribution < -0.4 is 4.72 Å². The van der Waals surface area contributed by atoms with Crippen molar-refractivity contribution in [2.24, 2.45) is 0 Å². The van der Waals surface area contributed by atoms with Crippen LogP contribution >= 0.6 is 0 Å². The van der Waals surface area contributed by atoms with Crippen LogP contribution in [0.1, 0.15) is 25.1 Å². The Labute approximate surface area is 167 Å². The molecule has 3 rings (SSSR count). The number of rotatable bonds is 5. The summed E-state index contributed by atoms with van der Waals surface area (Å²) in [6, 6.07) is 14.1. The molecule has 0 saturated carbocycles. The topological polar surface area (TPSA) is 64.0 Å². The van der Waals surface area contributed by atoms with Gasteiger partial charge in [0.2, 0.25) is 10.0 Å². The van der Waals surface area contributed by atoms with E-state index in [-0.39, 0.29) is 5.69 Å². The van der Waals surface area contributed by atoms with E-state index in [1.54, 1.807) is 26.0 Å². The number of halogens is 3. The summed E-state index contributed by atoms with van der Waals surface area (Å²) in [4.78, 5) is 0. The summed E-state index contributed by atoms with van der Waals surface area (Å²) >= 11 is 0. The van der Waals surface area contributed by atoms with Crippen molar-refractivity contribution in [3.05, 3.63) is 65.9 Å². The molecule has 1 heterocycles. The fourth-order valence-corrected chi connectivity index (χ4v) is 3.30. The Morgan fingerprint density at radius 2 is 1.59 bits per heavy atom. The van der Waals surface area contributed by atoms with Crippen molar-refractivity contribution in [1.29, 1.82) is 0 Å². The average molecular weight is 423 g/mol. The zero-order valence-corrected chi connectivity index (χ0v) is 16.8. The lowest BCUT2D eigenvalue weighted by Gasteiger charge is -2.12. The van der Waals surface area contributed by atoms with Crippen LogP contribution in [0.5, 0.6) is 0 Å². The number of benzene rings is 2. The summed E-state index contributed by atoms with van der Waals surface area (Å²) in [5.74, 6) is 0. The molecule has 3 aromatic rings. The highest BCUT2D eigenvalue weighted by Gasteiger charge is 2.35. The number of nitrogens with zero attached hydrogens (tertiary/aromatic N) is 2. The lowest BCUT2D eigenvalue weighted by molar-refractivity contribution is -0.141. The van der Waals surface area contributed by atoms with E-state index in [1.165, 1.54) is 28.9 Å². The van der Waals surface area contributed by atoms with E-state index in [1.807, 2.05) is 19.1 Å². The van der Waals surface area contributed by atoms with Gasteiger partial charge in [0, 0.05) is 11.3 Å². The monoisotopic (exact) mass is 423 g/mol. The molecule has 0 aliphatic rings. The Bertz CT molecular complexity index is 1100. The average Bonchev–Trinajstić information content (AvgIpc) is 3.08. The van der Waals surface area contributed by atoms with Gasteiger partial charge >= 0.3 is 6.18 Å². The van der Waals surface area contributed by atoms with E-state index in [0.29, 0.717) is 16.9 Å². The van der Waals surface area contributed by atoms with Crippen LogP contribution in [0.3, 0.4) is 0 Å². The van der Waals surface area contributed by atoms with Gasteiger partial charge in [0.25, 0.3) is 0 Å². The molecule has 0 bridgehead atoms. The summed E-state index contributed by atoms with van der Waals surface area (Å²) in [6.45, 7) is 4.99. The van der Waals surface area contributed by atoms with Gasteiger partial charge < -0.3 is 0 Å². The number of sulfonamides is 1. The molecule has 2 aromatic carbocycles. The smallest absolute Gasteiger partial charge is 0.283 e. The van der Waals surface area contributed by atoms with Crippen molar-refractivity contribution in [3.8, 4) is 16.9 Å². The van der Waals surface area contributed by atoms with Gasteiger partial charge in [-0.1, -0.05) is 29.8 Å². The maximum atomic E-state index is 13.2. The Balaban J connectivity index is 2.03. The van der Waals surface area contributed by atoms with E-state index < -0.39 is 27.1 Å². The van der Waals surface area contributed by atoms with Crippen LogP contribution in [0.4, 0.5) is 18.9 Å². The Morgan fingerprint density at radius 3 is 2.10 bits per heavy atom. The molecule has 0 radical (unpaired) electrons. The predicted octanol–water partition coefficient (Wildman–Crippen LogP) is 5.02. The minimum Gasteiger partial charge on any atom is -0.283 e. The Hall–Kier alpha value is -2.81. The lowest BCUT2D eigenvalue weighted by Crippen LogP contribution is -2.22. The second kappa shape index (κ2) is 7.55. The molecule has 0 aliphatic heterocycles. The van der Waals surface area contributed by atoms with Gasteiger partial charge in [-0.05, 0) is 51.1 Å². The third kappa shape index (κ3) is 4.61. The van der Waals surface area contributed by atoms with Crippen LogP contribution in [-0.4, -0.2) is 23.4 Å². The van der Waals surface area contributed by atoms with Crippen molar-refractivity contribution in [1.82, 2.24) is 9.78 Å². The Morgan fingerprint density at radius 1 is 1.00 bits per heavy atom. The molecule has 5 nitrogen and oxygen atoms in total. The van der Waals surface area contributed by atoms with Gasteiger partial charge in [0.1, 0.15) is 0 Å². The highest BCUT2D eigenvalue weighted by molar-refractivity contribution is 7.93. The van der Waals surface area contributed by atoms with Gasteiger partial charge in [0.15, 0.2) is 5.69 Å². The number of anilines is 1. The first-order valence-electron chi connectivity index (χ1n) is 8.84. The van der Waals surface area contributed by atoms with Crippen LogP contribution in [-0.2, 0) is 16.2 Å². The number of hydrogen-bond donors (Lipinski definition) is 1. The number of nitrogens with one attached hydrogen (secondary N) is 1. The van der Waals surface area contributed by atoms with Crippen LogP contribution in [0.2, 0.25) is 0 Å². The lowest BCUT2D eigenvalue weighted by atomic mass is 10.1. The largest absolute Gasteiger partial charge is 0.435 e. The molecule has 9 heteroatoms. The van der Waals surface area contributed by atoms with E-state index >= 15 is 0 Å². The fraction of sp³-hybridized carbons (Fsp3) is 0.250. The van der Waals surface area contributed by atoms with Crippen LogP contribution in [0.15, 0.2) is 54.6 Å². The summed E-state index contributed by atoms with van der Waals surface area (Å²) in [5, 5.41) is 3.12. The SMILES string of the molecule is Cc1ccc(-c2cc(C(F)(F)F)nn2-c2ccc(NS(=O)(=O)C(C)C)cc2)cc1. The number of alkyl halides is 3. The summed E-state index contributed by atoms with van der Waals surface area (Å²) in [7, 11) is -3.52. The molecular weight excluding hydrogens is 403 g/mol. The van der Waals surface area contributed by atoms with Gasteiger partial charge in [-0.3, -0.25) is 4.72 Å². The molecule has 0 saturated heterocycles. The van der Waals surface area contributed by atoms with E-state index in [4.69, 9.17) is 0 Å². The minimum absolute atomic E-state index is 0.285. The molecule has 0 amide bonds. The number of aryl methyl sites for hydroxylation is 1. The summed E-state index contributed by atoms with van der Waals surface area (Å²) in [5.41, 5.74) is 1.55. The minimum atomic E-state index is -4.59. The molecule has 29 heavy (non-hydrogen) atoms. The molecular formula is C20H20F3N3O2S. The third-order valence-corrected chi connectivity index (χ3v) is 6.10. The normalized spacial score (nSPS) is 12.4. The zero-order valence-electron chi connectivity index (χ0n) is 16.0. The first-order chi connectivity index (χ1) is 13.5. The second-order valence-electron chi connectivity index (χ2n) is 6.93. The quantitative estimate of drug-likeness (QED) is 0.627. The summed E-state index contributed by atoms with van der Waals surface area (Å²) < 4.78 is 67.4. The van der Waals surface area contributed by atoms with Crippen molar-refractivity contribution in [3.63, 3.8) is 0 Å². The van der Waals surface area contributed by atoms with E-state index in [0.717, 1.165) is 11.6 Å². The van der Waals surface area contributed by atoms with Gasteiger partial charge in [-0.15, -0.1) is 0 Å². The number of aromatic nitrogens is 2. The Kier molecular flexibility index (Phi) is 5.44. The number of hydrogen-bond acceptors (Lipinski definition) is 3. The molecule has 0 fully saturated rings.